The zero-order chi connectivity index (χ0) is 23.4. The lowest BCUT2D eigenvalue weighted by Gasteiger charge is -2.19. The first-order valence-electron chi connectivity index (χ1n) is 10.5. The molecule has 4 heterocycles. The van der Waals surface area contributed by atoms with Crippen LogP contribution in [0.5, 0.6) is 5.88 Å². The number of hydrogen-bond acceptors (Lipinski definition) is 8. The SMILES string of the molecule is Cc1ccc(NC(=O)C(COC(C)C)Oc2ncnc3c2cnn3-c2cnccc2C)nc1. The van der Waals surface area contributed by atoms with Gasteiger partial charge in [0.05, 0.1) is 30.8 Å². The van der Waals surface area contributed by atoms with E-state index in [1.807, 2.05) is 39.8 Å². The van der Waals surface area contributed by atoms with Gasteiger partial charge in [-0.15, -0.1) is 0 Å². The number of fused-ring (bicyclic) bond motifs is 1. The molecule has 0 saturated carbocycles. The zero-order valence-corrected chi connectivity index (χ0v) is 18.9. The Morgan fingerprint density at radius 2 is 1.94 bits per heavy atom. The topological polar surface area (TPSA) is 117 Å². The molecule has 4 rings (SSSR count). The number of rotatable bonds is 8. The molecule has 33 heavy (non-hydrogen) atoms. The Morgan fingerprint density at radius 1 is 1.09 bits per heavy atom. The van der Waals surface area contributed by atoms with Gasteiger partial charge in [0.1, 0.15) is 17.5 Å². The van der Waals surface area contributed by atoms with Crippen molar-refractivity contribution in [2.24, 2.45) is 0 Å². The summed E-state index contributed by atoms with van der Waals surface area (Å²) < 4.78 is 13.4. The average Bonchev–Trinajstić information content (AvgIpc) is 3.23. The maximum atomic E-state index is 13.0. The highest BCUT2D eigenvalue weighted by molar-refractivity contribution is 5.94. The largest absolute Gasteiger partial charge is 0.461 e. The summed E-state index contributed by atoms with van der Waals surface area (Å²) in [6.07, 6.45) is 7.05. The highest BCUT2D eigenvalue weighted by Crippen LogP contribution is 2.25. The van der Waals surface area contributed by atoms with Gasteiger partial charge < -0.3 is 14.8 Å². The van der Waals surface area contributed by atoms with Crippen LogP contribution < -0.4 is 10.1 Å². The summed E-state index contributed by atoms with van der Waals surface area (Å²) in [6, 6.07) is 5.49. The minimum Gasteiger partial charge on any atom is -0.461 e. The first-order chi connectivity index (χ1) is 15.9. The second-order valence-electron chi connectivity index (χ2n) is 7.83. The zero-order valence-electron chi connectivity index (χ0n) is 18.9. The van der Waals surface area contributed by atoms with Crippen LogP contribution in [0.1, 0.15) is 25.0 Å². The molecule has 0 aromatic carbocycles. The van der Waals surface area contributed by atoms with E-state index in [0.29, 0.717) is 16.9 Å². The molecule has 0 aliphatic rings. The highest BCUT2D eigenvalue weighted by Gasteiger charge is 2.25. The van der Waals surface area contributed by atoms with Crippen LogP contribution in [0.4, 0.5) is 5.82 Å². The predicted molar refractivity (Wildman–Crippen MR) is 122 cm³/mol. The van der Waals surface area contributed by atoms with Gasteiger partial charge in [-0.25, -0.2) is 19.6 Å². The molecule has 0 spiro atoms. The molecular weight excluding hydrogens is 422 g/mol. The van der Waals surface area contributed by atoms with Gasteiger partial charge in [0.15, 0.2) is 5.65 Å². The fraction of sp³-hybridized carbons (Fsp3) is 0.304. The van der Waals surface area contributed by atoms with Gasteiger partial charge in [0, 0.05) is 12.4 Å². The van der Waals surface area contributed by atoms with E-state index in [1.165, 1.54) is 6.33 Å². The third-order valence-corrected chi connectivity index (χ3v) is 4.86. The van der Waals surface area contributed by atoms with E-state index in [4.69, 9.17) is 9.47 Å². The van der Waals surface area contributed by atoms with Crippen LogP contribution in [0.2, 0.25) is 0 Å². The van der Waals surface area contributed by atoms with Crippen molar-refractivity contribution in [3.05, 3.63) is 60.4 Å². The maximum Gasteiger partial charge on any atom is 0.269 e. The molecule has 10 heteroatoms. The van der Waals surface area contributed by atoms with Crippen molar-refractivity contribution < 1.29 is 14.3 Å². The number of aryl methyl sites for hydroxylation is 2. The van der Waals surface area contributed by atoms with E-state index >= 15 is 0 Å². The molecular formula is C23H25N7O3. The van der Waals surface area contributed by atoms with Gasteiger partial charge in [-0.05, 0) is 51.0 Å². The summed E-state index contributed by atoms with van der Waals surface area (Å²) in [4.78, 5) is 30.0. The standard InChI is InChI=1S/C23H25N7O3/c1-14(2)32-12-19(22(31)29-20-6-5-15(3)9-25-20)33-23-17-10-28-30(21(17)26-13-27-23)18-11-24-8-7-16(18)4/h5-11,13-14,19H,12H2,1-4H3,(H,25,29,31). The third kappa shape index (κ3) is 5.12. The molecule has 0 fully saturated rings. The van der Waals surface area contributed by atoms with Crippen LogP contribution >= 0.6 is 0 Å². The molecule has 1 amide bonds. The molecule has 1 unspecified atom stereocenters. The van der Waals surface area contributed by atoms with E-state index in [2.05, 4.69) is 30.4 Å². The lowest BCUT2D eigenvalue weighted by Crippen LogP contribution is -2.38. The fourth-order valence-corrected chi connectivity index (χ4v) is 3.10. The first kappa shape index (κ1) is 22.3. The van der Waals surface area contributed by atoms with E-state index < -0.39 is 12.0 Å². The van der Waals surface area contributed by atoms with Crippen molar-refractivity contribution >= 4 is 22.8 Å². The average molecular weight is 447 g/mol. The molecule has 1 atom stereocenters. The van der Waals surface area contributed by atoms with Crippen LogP contribution in [0.15, 0.2) is 49.3 Å². The first-order valence-corrected chi connectivity index (χ1v) is 10.5. The highest BCUT2D eigenvalue weighted by atomic mass is 16.5. The van der Waals surface area contributed by atoms with Crippen molar-refractivity contribution in [1.29, 1.82) is 0 Å². The van der Waals surface area contributed by atoms with E-state index in [-0.39, 0.29) is 18.6 Å². The number of carbonyl (C=O) groups excluding carboxylic acids is 1. The minimum atomic E-state index is -0.961. The Morgan fingerprint density at radius 3 is 2.67 bits per heavy atom. The third-order valence-electron chi connectivity index (χ3n) is 4.86. The Hall–Kier alpha value is -3.92. The van der Waals surface area contributed by atoms with Crippen molar-refractivity contribution in [2.45, 2.75) is 39.9 Å². The number of aromatic nitrogens is 6. The van der Waals surface area contributed by atoms with Crippen LogP contribution in [0.25, 0.3) is 16.7 Å². The summed E-state index contributed by atoms with van der Waals surface area (Å²) in [5.41, 5.74) is 3.32. The Kier molecular flexibility index (Phi) is 6.55. The monoisotopic (exact) mass is 447 g/mol. The van der Waals surface area contributed by atoms with Crippen LogP contribution in [0.3, 0.4) is 0 Å². The number of amides is 1. The van der Waals surface area contributed by atoms with E-state index in [9.17, 15) is 4.79 Å². The van der Waals surface area contributed by atoms with Gasteiger partial charge >= 0.3 is 0 Å². The Labute approximate surface area is 191 Å². The summed E-state index contributed by atoms with van der Waals surface area (Å²) in [5.74, 6) is 0.267. The molecule has 4 aromatic heterocycles. The van der Waals surface area contributed by atoms with Gasteiger partial charge in [0.2, 0.25) is 12.0 Å². The molecule has 0 bridgehead atoms. The number of pyridine rings is 2. The van der Waals surface area contributed by atoms with Crippen molar-refractivity contribution in [1.82, 2.24) is 29.7 Å². The van der Waals surface area contributed by atoms with Gasteiger partial charge in [-0.2, -0.15) is 5.10 Å². The van der Waals surface area contributed by atoms with Crippen LogP contribution in [-0.2, 0) is 9.53 Å². The van der Waals surface area contributed by atoms with E-state index in [0.717, 1.165) is 16.8 Å². The minimum absolute atomic E-state index is 0.0384. The molecule has 1 N–H and O–H groups in total. The fourth-order valence-electron chi connectivity index (χ4n) is 3.10. The second-order valence-corrected chi connectivity index (χ2v) is 7.83. The van der Waals surface area contributed by atoms with Crippen molar-refractivity contribution in [3.8, 4) is 11.6 Å². The Balaban J connectivity index is 1.62. The number of ether oxygens (including phenoxy) is 2. The van der Waals surface area contributed by atoms with Crippen LogP contribution in [-0.4, -0.2) is 54.4 Å². The quantitative estimate of drug-likeness (QED) is 0.438. The molecule has 0 radical (unpaired) electrons. The van der Waals surface area contributed by atoms with Crippen molar-refractivity contribution in [3.63, 3.8) is 0 Å². The number of anilines is 1. The molecule has 170 valence electrons. The number of nitrogens with zero attached hydrogens (tertiary/aromatic N) is 6. The summed E-state index contributed by atoms with van der Waals surface area (Å²) in [5, 5.41) is 7.78. The van der Waals surface area contributed by atoms with E-state index in [1.54, 1.807) is 35.5 Å². The van der Waals surface area contributed by atoms with Gasteiger partial charge in [-0.1, -0.05) is 6.07 Å². The molecule has 0 aliphatic carbocycles. The molecule has 4 aromatic rings. The molecule has 0 saturated heterocycles. The lowest BCUT2D eigenvalue weighted by atomic mass is 10.2. The summed E-state index contributed by atoms with van der Waals surface area (Å²) >= 11 is 0. The smallest absolute Gasteiger partial charge is 0.269 e. The summed E-state index contributed by atoms with van der Waals surface area (Å²) in [7, 11) is 0. The maximum absolute atomic E-state index is 13.0. The lowest BCUT2D eigenvalue weighted by molar-refractivity contribution is -0.126. The Bertz CT molecular complexity index is 1250. The van der Waals surface area contributed by atoms with Gasteiger partial charge in [-0.3, -0.25) is 9.78 Å². The van der Waals surface area contributed by atoms with Gasteiger partial charge in [0.25, 0.3) is 5.91 Å². The van der Waals surface area contributed by atoms with Crippen LogP contribution in [0, 0.1) is 13.8 Å². The predicted octanol–water partition coefficient (Wildman–Crippen LogP) is 3.03. The number of nitrogens with one attached hydrogen (secondary N) is 1. The molecule has 0 aliphatic heterocycles. The normalized spacial score (nSPS) is 12.2. The van der Waals surface area contributed by atoms with Crippen molar-refractivity contribution in [2.75, 3.05) is 11.9 Å². The summed E-state index contributed by atoms with van der Waals surface area (Å²) in [6.45, 7) is 7.70. The number of hydrogen-bond donors (Lipinski definition) is 1. The molecule has 10 nitrogen and oxygen atoms in total. The second kappa shape index (κ2) is 9.70. The number of carbonyl (C=O) groups is 1.